The number of hydrogen-bond acceptors (Lipinski definition) is 2. The average Bonchev–Trinajstić information content (AvgIpc) is 2.74. The molecule has 0 atom stereocenters. The quantitative estimate of drug-likeness (QED) is 0.647. The molecule has 1 fully saturated rings. The zero-order valence-electron chi connectivity index (χ0n) is 8.58. The fourth-order valence-corrected chi connectivity index (χ4v) is 2.20. The lowest BCUT2D eigenvalue weighted by molar-refractivity contribution is 0.350. The first-order valence-electron chi connectivity index (χ1n) is 5.13. The maximum absolute atomic E-state index is 4.23. The van der Waals surface area contributed by atoms with Crippen molar-refractivity contribution in [2.24, 2.45) is 16.3 Å². The van der Waals surface area contributed by atoms with E-state index in [0.29, 0.717) is 11.3 Å². The highest BCUT2D eigenvalue weighted by Crippen LogP contribution is 2.57. The first kappa shape index (κ1) is 8.79. The topological polar surface area (TPSA) is 15.6 Å². The molecule has 0 spiro atoms. The summed E-state index contributed by atoms with van der Waals surface area (Å²) in [5.74, 6) is 0.717. The van der Waals surface area contributed by atoms with Crippen LogP contribution in [0.1, 0.15) is 26.7 Å². The molecule has 0 bridgehead atoms. The van der Waals surface area contributed by atoms with Crippen LogP contribution in [0.15, 0.2) is 17.3 Å². The Morgan fingerprint density at radius 3 is 2.62 bits per heavy atom. The van der Waals surface area contributed by atoms with Crippen molar-refractivity contribution < 1.29 is 0 Å². The highest BCUT2D eigenvalue weighted by molar-refractivity contribution is 5.61. The normalized spacial score (nSPS) is 24.1. The fraction of sp³-hybridized carbons (Fsp3) is 0.727. The molecule has 0 aromatic rings. The van der Waals surface area contributed by atoms with E-state index >= 15 is 0 Å². The molecule has 1 aliphatic heterocycles. The second-order valence-corrected chi connectivity index (χ2v) is 4.47. The zero-order valence-corrected chi connectivity index (χ0v) is 8.58. The van der Waals surface area contributed by atoms with Crippen LogP contribution in [0.4, 0.5) is 0 Å². The predicted octanol–water partition coefficient (Wildman–Crippen LogP) is 2.28. The second kappa shape index (κ2) is 2.86. The minimum absolute atomic E-state index is 0.413. The molecule has 0 aromatic heterocycles. The summed E-state index contributed by atoms with van der Waals surface area (Å²) in [6, 6.07) is 0. The van der Waals surface area contributed by atoms with Gasteiger partial charge in [-0.3, -0.25) is 4.99 Å². The van der Waals surface area contributed by atoms with Crippen LogP contribution in [0.5, 0.6) is 0 Å². The van der Waals surface area contributed by atoms with Crippen LogP contribution in [0, 0.1) is 11.3 Å². The fourth-order valence-electron chi connectivity index (χ4n) is 2.20. The molecule has 13 heavy (non-hydrogen) atoms. The Balaban J connectivity index is 2.08. The molecule has 0 saturated heterocycles. The molecule has 1 aliphatic carbocycles. The third-order valence-electron chi connectivity index (χ3n) is 3.51. The van der Waals surface area contributed by atoms with Crippen molar-refractivity contribution in [2.45, 2.75) is 26.7 Å². The van der Waals surface area contributed by atoms with Crippen molar-refractivity contribution in [1.29, 1.82) is 0 Å². The van der Waals surface area contributed by atoms with E-state index in [9.17, 15) is 0 Å². The third-order valence-corrected chi connectivity index (χ3v) is 3.51. The summed E-state index contributed by atoms with van der Waals surface area (Å²) in [4.78, 5) is 6.46. The smallest absolute Gasteiger partial charge is 0.0893 e. The lowest BCUT2D eigenvalue weighted by Crippen LogP contribution is -2.27. The summed E-state index contributed by atoms with van der Waals surface area (Å²) in [7, 11) is 0. The predicted molar refractivity (Wildman–Crippen MR) is 55.7 cm³/mol. The van der Waals surface area contributed by atoms with Gasteiger partial charge in [-0.05, 0) is 18.8 Å². The SMILES string of the molecule is C=C(N1C=NCC1)C1(C(C)C)CC1. The van der Waals surface area contributed by atoms with Gasteiger partial charge in [0, 0.05) is 17.7 Å². The summed E-state index contributed by atoms with van der Waals surface area (Å²) in [6.07, 6.45) is 4.58. The van der Waals surface area contributed by atoms with Crippen molar-refractivity contribution in [3.63, 3.8) is 0 Å². The van der Waals surface area contributed by atoms with Gasteiger partial charge in [0.05, 0.1) is 12.9 Å². The largest absolute Gasteiger partial charge is 0.335 e. The molecule has 2 nitrogen and oxygen atoms in total. The number of rotatable bonds is 3. The van der Waals surface area contributed by atoms with Gasteiger partial charge in [-0.15, -0.1) is 0 Å². The highest BCUT2D eigenvalue weighted by Gasteiger charge is 2.49. The van der Waals surface area contributed by atoms with Gasteiger partial charge in [0.15, 0.2) is 0 Å². The molecular weight excluding hydrogens is 160 g/mol. The van der Waals surface area contributed by atoms with Crippen molar-refractivity contribution >= 4 is 6.34 Å². The monoisotopic (exact) mass is 178 g/mol. The molecule has 2 heteroatoms. The third kappa shape index (κ3) is 1.28. The van der Waals surface area contributed by atoms with E-state index in [1.54, 1.807) is 0 Å². The Kier molecular flexibility index (Phi) is 1.94. The Hall–Kier alpha value is -0.790. The van der Waals surface area contributed by atoms with E-state index in [1.807, 2.05) is 6.34 Å². The van der Waals surface area contributed by atoms with Crippen LogP contribution >= 0.6 is 0 Å². The summed E-state index contributed by atoms with van der Waals surface area (Å²) in [6.45, 7) is 10.8. The van der Waals surface area contributed by atoms with E-state index in [4.69, 9.17) is 0 Å². The van der Waals surface area contributed by atoms with Crippen LogP contribution in [-0.2, 0) is 0 Å². The molecule has 0 unspecified atom stereocenters. The number of aliphatic imine (C=N–C) groups is 1. The Bertz CT molecular complexity index is 249. The van der Waals surface area contributed by atoms with Crippen LogP contribution in [-0.4, -0.2) is 24.3 Å². The Morgan fingerprint density at radius 1 is 1.54 bits per heavy atom. The highest BCUT2D eigenvalue weighted by atomic mass is 15.2. The van der Waals surface area contributed by atoms with Crippen LogP contribution in [0.3, 0.4) is 0 Å². The number of hydrogen-bond donors (Lipinski definition) is 0. The molecule has 0 aromatic carbocycles. The zero-order chi connectivity index (χ0) is 9.47. The van der Waals surface area contributed by atoms with Gasteiger partial charge in [-0.25, -0.2) is 0 Å². The Labute approximate surface area is 80.3 Å². The molecule has 1 saturated carbocycles. The van der Waals surface area contributed by atoms with Gasteiger partial charge >= 0.3 is 0 Å². The average molecular weight is 178 g/mol. The summed E-state index contributed by atoms with van der Waals surface area (Å²) in [5, 5.41) is 0. The lowest BCUT2D eigenvalue weighted by atomic mass is 9.89. The summed E-state index contributed by atoms with van der Waals surface area (Å²) < 4.78 is 0. The van der Waals surface area contributed by atoms with Crippen molar-refractivity contribution in [3.05, 3.63) is 12.3 Å². The van der Waals surface area contributed by atoms with E-state index in [-0.39, 0.29) is 0 Å². The molecule has 0 amide bonds. The van der Waals surface area contributed by atoms with Crippen LogP contribution in [0.2, 0.25) is 0 Å². The maximum Gasteiger partial charge on any atom is 0.0893 e. The van der Waals surface area contributed by atoms with Gasteiger partial charge < -0.3 is 4.90 Å². The molecular formula is C11H18N2. The first-order chi connectivity index (χ1) is 6.17. The maximum atomic E-state index is 4.23. The second-order valence-electron chi connectivity index (χ2n) is 4.47. The minimum atomic E-state index is 0.413. The minimum Gasteiger partial charge on any atom is -0.335 e. The van der Waals surface area contributed by atoms with E-state index in [2.05, 4.69) is 30.3 Å². The van der Waals surface area contributed by atoms with Crippen molar-refractivity contribution in [1.82, 2.24) is 4.90 Å². The number of allylic oxidation sites excluding steroid dienone is 1. The van der Waals surface area contributed by atoms with E-state index in [1.165, 1.54) is 18.5 Å². The van der Waals surface area contributed by atoms with Gasteiger partial charge in [0.25, 0.3) is 0 Å². The molecule has 1 heterocycles. The van der Waals surface area contributed by atoms with Crippen molar-refractivity contribution in [3.8, 4) is 0 Å². The van der Waals surface area contributed by atoms with Gasteiger partial charge in [-0.1, -0.05) is 20.4 Å². The molecule has 0 N–H and O–H groups in total. The molecule has 72 valence electrons. The molecule has 0 radical (unpaired) electrons. The van der Waals surface area contributed by atoms with E-state index in [0.717, 1.165) is 13.1 Å². The van der Waals surface area contributed by atoms with E-state index < -0.39 is 0 Å². The first-order valence-corrected chi connectivity index (χ1v) is 5.13. The van der Waals surface area contributed by atoms with Gasteiger partial charge in [0.2, 0.25) is 0 Å². The van der Waals surface area contributed by atoms with Crippen molar-refractivity contribution in [2.75, 3.05) is 13.1 Å². The summed E-state index contributed by atoms with van der Waals surface area (Å²) in [5.41, 5.74) is 1.71. The molecule has 2 aliphatic rings. The van der Waals surface area contributed by atoms with Crippen LogP contribution in [0.25, 0.3) is 0 Å². The molecule has 2 rings (SSSR count). The van der Waals surface area contributed by atoms with Crippen LogP contribution < -0.4 is 0 Å². The summed E-state index contributed by atoms with van der Waals surface area (Å²) >= 11 is 0. The standard InChI is InChI=1S/C11H18N2/c1-9(2)11(4-5-11)10(3)13-7-6-12-8-13/h8-9H,3-7H2,1-2H3. The van der Waals surface area contributed by atoms with Gasteiger partial charge in [0.1, 0.15) is 0 Å². The number of nitrogens with zero attached hydrogens (tertiary/aromatic N) is 2. The Morgan fingerprint density at radius 2 is 2.23 bits per heavy atom. The van der Waals surface area contributed by atoms with Gasteiger partial charge in [-0.2, -0.15) is 0 Å². The lowest BCUT2D eigenvalue weighted by Gasteiger charge is -2.28.